The van der Waals surface area contributed by atoms with Crippen LogP contribution in [0.3, 0.4) is 0 Å². The van der Waals surface area contributed by atoms with Gasteiger partial charge in [-0.15, -0.1) is 0 Å². The van der Waals surface area contributed by atoms with Crippen LogP contribution in [-0.4, -0.2) is 48.6 Å². The Bertz CT molecular complexity index is 916. The minimum absolute atomic E-state index is 0.00980. The van der Waals surface area contributed by atoms with E-state index in [1.807, 2.05) is 37.4 Å². The number of benzene rings is 2. The van der Waals surface area contributed by atoms with Crippen LogP contribution in [0.2, 0.25) is 0 Å². The maximum Gasteiger partial charge on any atom is 0.416 e. The van der Waals surface area contributed by atoms with Crippen LogP contribution in [0.5, 0.6) is 0 Å². The Hall–Kier alpha value is -3.03. The Labute approximate surface area is 185 Å². The van der Waals surface area contributed by atoms with Gasteiger partial charge < -0.3 is 14.9 Å². The van der Waals surface area contributed by atoms with E-state index >= 15 is 0 Å². The predicted molar refractivity (Wildman–Crippen MR) is 116 cm³/mol. The molecule has 1 saturated heterocycles. The molecule has 0 radical (unpaired) electrons. The maximum absolute atomic E-state index is 12.9. The minimum Gasteiger partial charge on any atom is -0.481 e. The molecule has 5 nitrogen and oxygen atoms in total. The van der Waals surface area contributed by atoms with Crippen molar-refractivity contribution in [3.63, 3.8) is 0 Å². The highest BCUT2D eigenvalue weighted by atomic mass is 19.4. The molecule has 1 heterocycles. The lowest BCUT2D eigenvalue weighted by atomic mass is 9.81. The van der Waals surface area contributed by atoms with Gasteiger partial charge in [-0.1, -0.05) is 18.2 Å². The van der Waals surface area contributed by atoms with Crippen molar-refractivity contribution in [3.8, 4) is 0 Å². The van der Waals surface area contributed by atoms with Gasteiger partial charge in [-0.2, -0.15) is 13.2 Å². The lowest BCUT2D eigenvalue weighted by Crippen LogP contribution is -2.45. The molecule has 0 aromatic heterocycles. The summed E-state index contributed by atoms with van der Waals surface area (Å²) in [4.78, 5) is 28.0. The van der Waals surface area contributed by atoms with Crippen LogP contribution in [0.15, 0.2) is 54.6 Å². The average molecular weight is 448 g/mol. The van der Waals surface area contributed by atoms with Crippen LogP contribution in [0.4, 0.5) is 18.9 Å². The van der Waals surface area contributed by atoms with E-state index in [1.165, 1.54) is 12.1 Å². The summed E-state index contributed by atoms with van der Waals surface area (Å²) >= 11 is 0. The van der Waals surface area contributed by atoms with Gasteiger partial charge in [0, 0.05) is 44.4 Å². The first-order valence-electron chi connectivity index (χ1n) is 10.6. The largest absolute Gasteiger partial charge is 0.481 e. The number of carbonyl (C=O) groups is 2. The van der Waals surface area contributed by atoms with E-state index < -0.39 is 17.7 Å². The second kappa shape index (κ2) is 10.1. The molecule has 1 fully saturated rings. The van der Waals surface area contributed by atoms with Crippen molar-refractivity contribution in [3.05, 3.63) is 65.7 Å². The predicted octanol–water partition coefficient (Wildman–Crippen LogP) is 4.78. The van der Waals surface area contributed by atoms with Crippen LogP contribution in [0, 0.1) is 11.8 Å². The second-order valence-corrected chi connectivity index (χ2v) is 8.28. The number of carboxylic acid groups (broad SMARTS) is 1. The topological polar surface area (TPSA) is 60.9 Å². The third kappa shape index (κ3) is 6.02. The van der Waals surface area contributed by atoms with Crippen LogP contribution >= 0.6 is 0 Å². The molecule has 172 valence electrons. The zero-order chi connectivity index (χ0) is 23.3. The monoisotopic (exact) mass is 448 g/mol. The molecule has 2 aromatic carbocycles. The minimum atomic E-state index is -4.45. The highest BCUT2D eigenvalue weighted by Gasteiger charge is 2.34. The Morgan fingerprint density at radius 3 is 2.31 bits per heavy atom. The van der Waals surface area contributed by atoms with E-state index in [-0.39, 0.29) is 29.7 Å². The fourth-order valence-corrected chi connectivity index (χ4v) is 4.24. The van der Waals surface area contributed by atoms with Crippen molar-refractivity contribution in [1.29, 1.82) is 0 Å². The van der Waals surface area contributed by atoms with Gasteiger partial charge in [-0.25, -0.2) is 0 Å². The number of nitrogens with zero attached hydrogens (tertiary/aromatic N) is 2. The summed E-state index contributed by atoms with van der Waals surface area (Å²) in [7, 11) is 1.97. The van der Waals surface area contributed by atoms with Crippen molar-refractivity contribution < 1.29 is 27.9 Å². The quantitative estimate of drug-likeness (QED) is 0.662. The summed E-state index contributed by atoms with van der Waals surface area (Å²) < 4.78 is 38.4. The Balaban J connectivity index is 1.68. The Morgan fingerprint density at radius 1 is 1.06 bits per heavy atom. The standard InChI is InChI=1S/C24H27F3N2O3/c1-28(21-5-3-2-4-6-21)13-11-19-16-29(14-12-18(19)15-22(30)31)23(32)17-7-9-20(10-8-17)24(25,26)27/h2-10,18-19H,11-16H2,1H3,(H,30,31)/t18-,19+/m0/s1. The van der Waals surface area contributed by atoms with Gasteiger partial charge >= 0.3 is 12.1 Å². The molecule has 0 unspecified atom stereocenters. The van der Waals surface area contributed by atoms with Crippen LogP contribution < -0.4 is 4.90 Å². The number of carboxylic acids is 1. The molecule has 8 heteroatoms. The molecule has 1 aliphatic heterocycles. The molecule has 1 aliphatic rings. The number of amides is 1. The van der Waals surface area contributed by atoms with Gasteiger partial charge in [-0.3, -0.25) is 9.59 Å². The van der Waals surface area contributed by atoms with Gasteiger partial charge in [0.25, 0.3) is 5.91 Å². The van der Waals surface area contributed by atoms with E-state index in [9.17, 15) is 27.9 Å². The highest BCUT2D eigenvalue weighted by molar-refractivity contribution is 5.94. The van der Waals surface area contributed by atoms with Crippen LogP contribution in [-0.2, 0) is 11.0 Å². The molecule has 0 bridgehead atoms. The number of piperidine rings is 1. The smallest absolute Gasteiger partial charge is 0.416 e. The zero-order valence-corrected chi connectivity index (χ0v) is 17.9. The summed E-state index contributed by atoms with van der Waals surface area (Å²) in [5, 5.41) is 9.30. The van der Waals surface area contributed by atoms with Gasteiger partial charge in [0.1, 0.15) is 0 Å². The fraction of sp³-hybridized carbons (Fsp3) is 0.417. The summed E-state index contributed by atoms with van der Waals surface area (Å²) in [6, 6.07) is 14.1. The normalized spacial score (nSPS) is 18.9. The number of aliphatic carboxylic acids is 1. The van der Waals surface area contributed by atoms with Crippen LogP contribution in [0.1, 0.15) is 35.2 Å². The average Bonchev–Trinajstić information content (AvgIpc) is 2.77. The SMILES string of the molecule is CN(CC[C@@H]1CN(C(=O)c2ccc(C(F)(F)F)cc2)CC[C@H]1CC(=O)O)c1ccccc1. The zero-order valence-electron chi connectivity index (χ0n) is 17.9. The first-order valence-corrected chi connectivity index (χ1v) is 10.6. The van der Waals surface area contributed by atoms with Crippen molar-refractivity contribution in [1.82, 2.24) is 4.90 Å². The molecule has 0 saturated carbocycles. The fourth-order valence-electron chi connectivity index (χ4n) is 4.24. The molecule has 32 heavy (non-hydrogen) atoms. The van der Waals surface area contributed by atoms with E-state index in [0.29, 0.717) is 32.5 Å². The molecular weight excluding hydrogens is 421 g/mol. The summed E-state index contributed by atoms with van der Waals surface area (Å²) in [5.74, 6) is -1.24. The number of hydrogen-bond donors (Lipinski definition) is 1. The third-order valence-corrected chi connectivity index (χ3v) is 6.11. The number of rotatable bonds is 7. The third-order valence-electron chi connectivity index (χ3n) is 6.11. The van der Waals surface area contributed by atoms with Gasteiger partial charge in [-0.05, 0) is 61.1 Å². The lowest BCUT2D eigenvalue weighted by Gasteiger charge is -2.39. The first-order chi connectivity index (χ1) is 15.1. The lowest BCUT2D eigenvalue weighted by molar-refractivity contribution is -0.139. The second-order valence-electron chi connectivity index (χ2n) is 8.28. The number of para-hydroxylation sites is 1. The number of carbonyl (C=O) groups excluding carboxylic acids is 1. The van der Waals surface area contributed by atoms with Crippen molar-refractivity contribution in [2.24, 2.45) is 11.8 Å². The number of alkyl halides is 3. The molecule has 2 atom stereocenters. The van der Waals surface area contributed by atoms with Gasteiger partial charge in [0.05, 0.1) is 5.56 Å². The van der Waals surface area contributed by atoms with Crippen molar-refractivity contribution >= 4 is 17.6 Å². The van der Waals surface area contributed by atoms with E-state index in [4.69, 9.17) is 0 Å². The van der Waals surface area contributed by atoms with E-state index in [1.54, 1.807) is 4.90 Å². The molecule has 3 rings (SSSR count). The van der Waals surface area contributed by atoms with E-state index in [0.717, 1.165) is 17.8 Å². The summed E-state index contributed by atoms with van der Waals surface area (Å²) in [6.45, 7) is 1.48. The number of likely N-dealkylation sites (tertiary alicyclic amines) is 1. The van der Waals surface area contributed by atoms with E-state index in [2.05, 4.69) is 4.90 Å². The van der Waals surface area contributed by atoms with Crippen molar-refractivity contribution in [2.45, 2.75) is 25.4 Å². The molecule has 0 aliphatic carbocycles. The molecule has 1 amide bonds. The van der Waals surface area contributed by atoms with Gasteiger partial charge in [0.2, 0.25) is 0 Å². The Kier molecular flexibility index (Phi) is 7.43. The number of anilines is 1. The molecule has 2 aromatic rings. The maximum atomic E-state index is 12.9. The molecule has 1 N–H and O–H groups in total. The van der Waals surface area contributed by atoms with Gasteiger partial charge in [0.15, 0.2) is 0 Å². The number of hydrogen-bond acceptors (Lipinski definition) is 3. The van der Waals surface area contributed by atoms with Crippen LogP contribution in [0.25, 0.3) is 0 Å². The first kappa shape index (κ1) is 23.6. The highest BCUT2D eigenvalue weighted by Crippen LogP contribution is 2.32. The number of halogens is 3. The van der Waals surface area contributed by atoms with Crippen molar-refractivity contribution in [2.75, 3.05) is 31.6 Å². The summed E-state index contributed by atoms with van der Waals surface area (Å²) in [5.41, 5.74) is 0.460. The Morgan fingerprint density at radius 2 is 1.72 bits per heavy atom. The molecular formula is C24H27F3N2O3. The molecule has 0 spiro atoms. The summed E-state index contributed by atoms with van der Waals surface area (Å²) in [6.07, 6.45) is -3.15.